The van der Waals surface area contributed by atoms with Gasteiger partial charge in [-0.05, 0) is 38.5 Å². The van der Waals surface area contributed by atoms with Gasteiger partial charge in [-0.3, -0.25) is 4.79 Å². The quantitative estimate of drug-likeness (QED) is 0.845. The Balaban J connectivity index is 2.11. The minimum Gasteiger partial charge on any atom is -0.506 e. The van der Waals surface area contributed by atoms with Crippen molar-refractivity contribution in [3.63, 3.8) is 0 Å². The number of carbonyl (C=O) groups excluding carboxylic acids is 1. The molecule has 0 aliphatic carbocycles. The van der Waals surface area contributed by atoms with E-state index < -0.39 is 0 Å². The highest BCUT2D eigenvalue weighted by atomic mass is 35.5. The molecule has 0 bridgehead atoms. The number of nitrogens with one attached hydrogen (secondary N) is 1. The first-order valence-electron chi connectivity index (χ1n) is 7.14. The molecule has 0 unspecified atom stereocenters. The van der Waals surface area contributed by atoms with Crippen LogP contribution < -0.4 is 5.32 Å². The van der Waals surface area contributed by atoms with Crippen molar-refractivity contribution in [3.8, 4) is 5.75 Å². The zero-order valence-corrected chi connectivity index (χ0v) is 13.5. The van der Waals surface area contributed by atoms with Gasteiger partial charge in [0.2, 0.25) is 5.91 Å². The summed E-state index contributed by atoms with van der Waals surface area (Å²) in [6.45, 7) is 6.11. The van der Waals surface area contributed by atoms with E-state index in [4.69, 9.17) is 11.6 Å². The van der Waals surface area contributed by atoms with E-state index >= 15 is 0 Å². The highest BCUT2D eigenvalue weighted by molar-refractivity contribution is 6.32. The molecule has 2 N–H and O–H groups in total. The summed E-state index contributed by atoms with van der Waals surface area (Å²) in [6, 6.07) is 5.05. The van der Waals surface area contributed by atoms with Gasteiger partial charge in [-0.1, -0.05) is 17.7 Å². The van der Waals surface area contributed by atoms with Crippen molar-refractivity contribution in [1.82, 2.24) is 9.78 Å². The number of anilines is 1. The van der Waals surface area contributed by atoms with Gasteiger partial charge in [0.05, 0.1) is 16.8 Å². The lowest BCUT2D eigenvalue weighted by Gasteiger charge is -2.28. The van der Waals surface area contributed by atoms with Crippen molar-refractivity contribution in [1.29, 1.82) is 0 Å². The number of aromatic hydroxyl groups is 1. The normalized spacial score (nSPS) is 18.0. The molecule has 0 saturated heterocycles. The van der Waals surface area contributed by atoms with E-state index in [1.165, 1.54) is 0 Å². The number of benzene rings is 1. The Kier molecular flexibility index (Phi) is 3.40. The predicted octanol–water partition coefficient (Wildman–Crippen LogP) is 3.47. The first-order chi connectivity index (χ1) is 10.3. The van der Waals surface area contributed by atoms with Gasteiger partial charge in [-0.25, -0.2) is 4.68 Å². The van der Waals surface area contributed by atoms with E-state index in [2.05, 4.69) is 10.4 Å². The first-order valence-corrected chi connectivity index (χ1v) is 7.52. The Labute approximate surface area is 133 Å². The third-order valence-corrected chi connectivity index (χ3v) is 4.13. The fourth-order valence-electron chi connectivity index (χ4n) is 2.77. The maximum atomic E-state index is 12.1. The van der Waals surface area contributed by atoms with Crippen molar-refractivity contribution in [2.24, 2.45) is 0 Å². The van der Waals surface area contributed by atoms with Gasteiger partial charge in [0.15, 0.2) is 0 Å². The van der Waals surface area contributed by atoms with Gasteiger partial charge >= 0.3 is 0 Å². The SMILES string of the molecule is CC(C)(C)n1ncc2c1NC(=O)C[C@@H]2c1ccc(O)c(Cl)c1. The summed E-state index contributed by atoms with van der Waals surface area (Å²) in [7, 11) is 0. The van der Waals surface area contributed by atoms with Gasteiger partial charge in [-0.2, -0.15) is 5.10 Å². The standard InChI is InChI=1S/C16H18ClN3O2/c1-16(2,3)20-15-11(8-18-20)10(7-14(22)19-15)9-4-5-13(21)12(17)6-9/h4-6,8,10,21H,7H2,1-3H3,(H,19,22)/t10-/m1/s1. The van der Waals surface area contributed by atoms with Crippen molar-refractivity contribution in [2.45, 2.75) is 38.6 Å². The molecular weight excluding hydrogens is 302 g/mol. The smallest absolute Gasteiger partial charge is 0.226 e. The second-order valence-corrected chi connectivity index (χ2v) is 6.95. The Bertz CT molecular complexity index is 746. The molecule has 0 saturated carbocycles. The molecule has 3 rings (SSSR count). The van der Waals surface area contributed by atoms with Crippen molar-refractivity contribution in [3.05, 3.63) is 40.5 Å². The van der Waals surface area contributed by atoms with Crippen LogP contribution in [0.5, 0.6) is 5.75 Å². The van der Waals surface area contributed by atoms with Crippen LogP contribution in [0.3, 0.4) is 0 Å². The van der Waals surface area contributed by atoms with E-state index in [0.29, 0.717) is 6.42 Å². The lowest BCUT2D eigenvalue weighted by atomic mass is 9.87. The molecule has 6 heteroatoms. The van der Waals surface area contributed by atoms with Crippen LogP contribution in [-0.4, -0.2) is 20.8 Å². The lowest BCUT2D eigenvalue weighted by Crippen LogP contribution is -2.30. The maximum Gasteiger partial charge on any atom is 0.226 e. The van der Waals surface area contributed by atoms with Crippen LogP contribution in [0, 0.1) is 0 Å². The number of fused-ring (bicyclic) bond motifs is 1. The molecular formula is C16H18ClN3O2. The second-order valence-electron chi connectivity index (χ2n) is 6.55. The van der Waals surface area contributed by atoms with Crippen LogP contribution in [-0.2, 0) is 10.3 Å². The van der Waals surface area contributed by atoms with Crippen LogP contribution >= 0.6 is 11.6 Å². The number of rotatable bonds is 1. The minimum absolute atomic E-state index is 0.0382. The number of hydrogen-bond acceptors (Lipinski definition) is 3. The molecule has 1 atom stereocenters. The fraction of sp³-hybridized carbons (Fsp3) is 0.375. The molecule has 1 aliphatic heterocycles. The summed E-state index contributed by atoms with van der Waals surface area (Å²) < 4.78 is 1.83. The van der Waals surface area contributed by atoms with E-state index in [1.54, 1.807) is 24.4 Å². The average molecular weight is 320 g/mol. The summed E-state index contributed by atoms with van der Waals surface area (Å²) in [5, 5.41) is 17.2. The highest BCUT2D eigenvalue weighted by Gasteiger charge is 2.32. The van der Waals surface area contributed by atoms with E-state index in [9.17, 15) is 9.90 Å². The summed E-state index contributed by atoms with van der Waals surface area (Å²) in [5.74, 6) is 0.611. The molecule has 1 aliphatic rings. The molecule has 0 radical (unpaired) electrons. The molecule has 1 amide bonds. The lowest BCUT2D eigenvalue weighted by molar-refractivity contribution is -0.116. The minimum atomic E-state index is -0.227. The van der Waals surface area contributed by atoms with Crippen molar-refractivity contribution < 1.29 is 9.90 Å². The van der Waals surface area contributed by atoms with Gasteiger partial charge in [0.1, 0.15) is 11.6 Å². The van der Waals surface area contributed by atoms with Crippen LogP contribution in [0.15, 0.2) is 24.4 Å². The Morgan fingerprint density at radius 2 is 2.14 bits per heavy atom. The van der Waals surface area contributed by atoms with Crippen molar-refractivity contribution >= 4 is 23.3 Å². The molecule has 1 aromatic carbocycles. The Morgan fingerprint density at radius 3 is 2.77 bits per heavy atom. The molecule has 1 aromatic heterocycles. The average Bonchev–Trinajstić information content (AvgIpc) is 2.84. The van der Waals surface area contributed by atoms with Crippen molar-refractivity contribution in [2.75, 3.05) is 5.32 Å². The summed E-state index contributed by atoms with van der Waals surface area (Å²) in [4.78, 5) is 12.1. The van der Waals surface area contributed by atoms with Crippen LogP contribution in [0.1, 0.15) is 44.2 Å². The third kappa shape index (κ3) is 2.46. The largest absolute Gasteiger partial charge is 0.506 e. The summed E-state index contributed by atoms with van der Waals surface area (Å²) >= 11 is 6.00. The van der Waals surface area contributed by atoms with E-state index in [-0.39, 0.29) is 28.1 Å². The highest BCUT2D eigenvalue weighted by Crippen LogP contribution is 2.40. The molecule has 0 fully saturated rings. The van der Waals surface area contributed by atoms with Gasteiger partial charge < -0.3 is 10.4 Å². The molecule has 5 nitrogen and oxygen atoms in total. The zero-order chi connectivity index (χ0) is 16.1. The molecule has 2 aromatic rings. The number of phenols is 1. The number of aromatic nitrogens is 2. The molecule has 22 heavy (non-hydrogen) atoms. The first kappa shape index (κ1) is 14.9. The zero-order valence-electron chi connectivity index (χ0n) is 12.7. The van der Waals surface area contributed by atoms with Gasteiger partial charge in [0.25, 0.3) is 0 Å². The molecule has 2 heterocycles. The number of amides is 1. The van der Waals surface area contributed by atoms with Gasteiger partial charge in [-0.15, -0.1) is 0 Å². The van der Waals surface area contributed by atoms with Crippen LogP contribution in [0.25, 0.3) is 0 Å². The van der Waals surface area contributed by atoms with E-state index in [0.717, 1.165) is 16.9 Å². The molecule has 116 valence electrons. The maximum absolute atomic E-state index is 12.1. The Hall–Kier alpha value is -2.01. The monoisotopic (exact) mass is 319 g/mol. The molecule has 0 spiro atoms. The van der Waals surface area contributed by atoms with Crippen LogP contribution in [0.2, 0.25) is 5.02 Å². The Morgan fingerprint density at radius 1 is 1.41 bits per heavy atom. The number of carbonyl (C=O) groups is 1. The summed E-state index contributed by atoms with van der Waals surface area (Å²) in [6.07, 6.45) is 2.13. The van der Waals surface area contributed by atoms with Crippen LogP contribution in [0.4, 0.5) is 5.82 Å². The summed E-state index contributed by atoms with van der Waals surface area (Å²) in [5.41, 5.74) is 1.64. The van der Waals surface area contributed by atoms with Gasteiger partial charge in [0, 0.05) is 17.9 Å². The number of halogens is 1. The second kappa shape index (κ2) is 5.02. The number of phenolic OH excluding ortho intramolecular Hbond substituents is 1. The fourth-order valence-corrected chi connectivity index (χ4v) is 2.95. The third-order valence-electron chi connectivity index (χ3n) is 3.83. The number of nitrogens with zero attached hydrogens (tertiary/aromatic N) is 2. The predicted molar refractivity (Wildman–Crippen MR) is 85.4 cm³/mol. The topological polar surface area (TPSA) is 67.2 Å². The number of hydrogen-bond donors (Lipinski definition) is 2. The van der Waals surface area contributed by atoms with E-state index in [1.807, 2.05) is 25.5 Å².